The number of halogens is 2. The Kier molecular flexibility index (Phi) is 4.44. The predicted octanol–water partition coefficient (Wildman–Crippen LogP) is 4.12. The van der Waals surface area contributed by atoms with Gasteiger partial charge >= 0.3 is 0 Å². The van der Waals surface area contributed by atoms with Crippen LogP contribution in [-0.2, 0) is 6.61 Å². The Labute approximate surface area is 119 Å². The fourth-order valence-electron chi connectivity index (χ4n) is 1.44. The second kappa shape index (κ2) is 6.07. The van der Waals surface area contributed by atoms with Crippen molar-refractivity contribution in [2.75, 3.05) is 12.4 Å². The minimum absolute atomic E-state index is 0.412. The molecule has 1 aromatic carbocycles. The van der Waals surface area contributed by atoms with Crippen LogP contribution in [0, 0.1) is 0 Å². The zero-order valence-corrected chi connectivity index (χ0v) is 12.1. The van der Waals surface area contributed by atoms with Crippen LogP contribution in [0.5, 0.6) is 5.75 Å². The quantitative estimate of drug-likeness (QED) is 0.917. The summed E-state index contributed by atoms with van der Waals surface area (Å²) in [5, 5.41) is 3.66. The van der Waals surface area contributed by atoms with Crippen molar-refractivity contribution >= 4 is 33.3 Å². The number of anilines is 1. The highest BCUT2D eigenvalue weighted by atomic mass is 79.9. The van der Waals surface area contributed by atoms with Gasteiger partial charge in [-0.15, -0.1) is 0 Å². The van der Waals surface area contributed by atoms with Crippen LogP contribution in [0.1, 0.15) is 5.69 Å². The van der Waals surface area contributed by atoms with Gasteiger partial charge in [-0.25, -0.2) is 4.98 Å². The van der Waals surface area contributed by atoms with Crippen LogP contribution in [0.4, 0.5) is 5.82 Å². The lowest BCUT2D eigenvalue weighted by molar-refractivity contribution is 0.299. The third kappa shape index (κ3) is 3.37. The van der Waals surface area contributed by atoms with Crippen molar-refractivity contribution in [3.8, 4) is 5.75 Å². The first-order chi connectivity index (χ1) is 8.69. The number of rotatable bonds is 4. The molecule has 0 radical (unpaired) electrons. The van der Waals surface area contributed by atoms with Crippen molar-refractivity contribution in [2.45, 2.75) is 6.61 Å². The number of benzene rings is 1. The molecule has 1 aromatic heterocycles. The van der Waals surface area contributed by atoms with Gasteiger partial charge in [0, 0.05) is 12.1 Å². The molecule has 1 N–H and O–H groups in total. The standard InChI is InChI=1S/C13H12BrClN2O/c1-16-13-4-2-3-10(17-13)8-18-12-6-5-9(15)7-11(12)14/h2-7H,8H2,1H3,(H,16,17). The molecule has 0 aliphatic carbocycles. The number of hydrogen-bond donors (Lipinski definition) is 1. The highest BCUT2D eigenvalue weighted by Gasteiger charge is 2.03. The zero-order chi connectivity index (χ0) is 13.0. The topological polar surface area (TPSA) is 34.1 Å². The van der Waals surface area contributed by atoms with E-state index < -0.39 is 0 Å². The molecule has 0 unspecified atom stereocenters. The summed E-state index contributed by atoms with van der Waals surface area (Å²) >= 11 is 9.27. The molecule has 0 saturated carbocycles. The molecule has 5 heteroatoms. The summed E-state index contributed by atoms with van der Waals surface area (Å²) in [7, 11) is 1.84. The molecule has 94 valence electrons. The number of aromatic nitrogens is 1. The Bertz CT molecular complexity index is 548. The molecule has 0 atom stereocenters. The number of hydrogen-bond acceptors (Lipinski definition) is 3. The van der Waals surface area contributed by atoms with Gasteiger partial charge in [0.25, 0.3) is 0 Å². The molecule has 0 saturated heterocycles. The second-order valence-electron chi connectivity index (χ2n) is 3.63. The molecule has 3 nitrogen and oxygen atoms in total. The van der Waals surface area contributed by atoms with Gasteiger partial charge in [0.15, 0.2) is 0 Å². The van der Waals surface area contributed by atoms with E-state index in [1.165, 1.54) is 0 Å². The van der Waals surface area contributed by atoms with Crippen molar-refractivity contribution in [1.29, 1.82) is 0 Å². The Morgan fingerprint density at radius 2 is 2.17 bits per heavy atom. The van der Waals surface area contributed by atoms with Crippen LogP contribution >= 0.6 is 27.5 Å². The predicted molar refractivity (Wildman–Crippen MR) is 77.3 cm³/mol. The summed E-state index contributed by atoms with van der Waals surface area (Å²) in [5.74, 6) is 1.57. The van der Waals surface area contributed by atoms with E-state index in [0.717, 1.165) is 21.7 Å². The van der Waals surface area contributed by atoms with Gasteiger partial charge in [-0.1, -0.05) is 17.7 Å². The minimum atomic E-state index is 0.412. The van der Waals surface area contributed by atoms with Crippen LogP contribution in [0.25, 0.3) is 0 Å². The summed E-state index contributed by atoms with van der Waals surface area (Å²) in [6.07, 6.45) is 0. The summed E-state index contributed by atoms with van der Waals surface area (Å²) in [6.45, 7) is 0.412. The molecule has 0 aliphatic rings. The molecule has 0 aliphatic heterocycles. The van der Waals surface area contributed by atoms with Gasteiger partial charge in [0.2, 0.25) is 0 Å². The Balaban J connectivity index is 2.06. The molecule has 18 heavy (non-hydrogen) atoms. The maximum atomic E-state index is 5.87. The number of nitrogens with zero attached hydrogens (tertiary/aromatic N) is 1. The van der Waals surface area contributed by atoms with E-state index in [4.69, 9.17) is 16.3 Å². The normalized spacial score (nSPS) is 10.2. The summed E-state index contributed by atoms with van der Waals surface area (Å²) in [6, 6.07) is 11.2. The number of ether oxygens (including phenoxy) is 1. The van der Waals surface area contributed by atoms with Gasteiger partial charge in [-0.3, -0.25) is 0 Å². The lowest BCUT2D eigenvalue weighted by Gasteiger charge is -2.08. The number of nitrogens with one attached hydrogen (secondary N) is 1. The molecule has 0 bridgehead atoms. The van der Waals surface area contributed by atoms with Crippen molar-refractivity contribution in [3.63, 3.8) is 0 Å². The van der Waals surface area contributed by atoms with E-state index in [1.807, 2.05) is 31.3 Å². The first kappa shape index (κ1) is 13.2. The zero-order valence-electron chi connectivity index (χ0n) is 9.78. The average Bonchev–Trinajstić information content (AvgIpc) is 2.38. The Morgan fingerprint density at radius 3 is 2.89 bits per heavy atom. The monoisotopic (exact) mass is 326 g/mol. The van der Waals surface area contributed by atoms with E-state index in [0.29, 0.717) is 11.6 Å². The van der Waals surface area contributed by atoms with Crippen LogP contribution in [0.3, 0.4) is 0 Å². The maximum absolute atomic E-state index is 5.87. The molecule has 0 spiro atoms. The van der Waals surface area contributed by atoms with E-state index >= 15 is 0 Å². The molecular weight excluding hydrogens is 316 g/mol. The third-order valence-electron chi connectivity index (χ3n) is 2.33. The minimum Gasteiger partial charge on any atom is -0.486 e. The van der Waals surface area contributed by atoms with Crippen molar-refractivity contribution in [2.24, 2.45) is 0 Å². The molecule has 2 rings (SSSR count). The van der Waals surface area contributed by atoms with E-state index in [-0.39, 0.29) is 0 Å². The van der Waals surface area contributed by atoms with Crippen LogP contribution in [-0.4, -0.2) is 12.0 Å². The van der Waals surface area contributed by atoms with E-state index in [2.05, 4.69) is 26.2 Å². The fraction of sp³-hybridized carbons (Fsp3) is 0.154. The molecule has 1 heterocycles. The lowest BCUT2D eigenvalue weighted by Crippen LogP contribution is -2.01. The van der Waals surface area contributed by atoms with Gasteiger partial charge < -0.3 is 10.1 Å². The third-order valence-corrected chi connectivity index (χ3v) is 3.19. The highest BCUT2D eigenvalue weighted by molar-refractivity contribution is 9.10. The first-order valence-corrected chi connectivity index (χ1v) is 6.57. The Hall–Kier alpha value is -1.26. The van der Waals surface area contributed by atoms with Crippen LogP contribution in [0.2, 0.25) is 5.02 Å². The molecule has 2 aromatic rings. The van der Waals surface area contributed by atoms with Crippen molar-refractivity contribution < 1.29 is 4.74 Å². The van der Waals surface area contributed by atoms with Crippen molar-refractivity contribution in [3.05, 3.63) is 51.6 Å². The van der Waals surface area contributed by atoms with Gasteiger partial charge in [-0.2, -0.15) is 0 Å². The summed E-state index contributed by atoms with van der Waals surface area (Å²) < 4.78 is 6.51. The smallest absolute Gasteiger partial charge is 0.134 e. The summed E-state index contributed by atoms with van der Waals surface area (Å²) in [4.78, 5) is 4.38. The van der Waals surface area contributed by atoms with Gasteiger partial charge in [-0.05, 0) is 46.3 Å². The lowest BCUT2D eigenvalue weighted by atomic mass is 10.3. The summed E-state index contributed by atoms with van der Waals surface area (Å²) in [5.41, 5.74) is 0.865. The highest BCUT2D eigenvalue weighted by Crippen LogP contribution is 2.28. The average molecular weight is 328 g/mol. The van der Waals surface area contributed by atoms with Crippen LogP contribution in [0.15, 0.2) is 40.9 Å². The van der Waals surface area contributed by atoms with Crippen molar-refractivity contribution in [1.82, 2.24) is 4.98 Å². The second-order valence-corrected chi connectivity index (χ2v) is 4.92. The number of pyridine rings is 1. The fourth-order valence-corrected chi connectivity index (χ4v) is 2.24. The first-order valence-electron chi connectivity index (χ1n) is 5.40. The van der Waals surface area contributed by atoms with Crippen LogP contribution < -0.4 is 10.1 Å². The van der Waals surface area contributed by atoms with E-state index in [9.17, 15) is 0 Å². The molecule has 0 amide bonds. The van der Waals surface area contributed by atoms with Gasteiger partial charge in [0.1, 0.15) is 18.2 Å². The molecular formula is C13H12BrClN2O. The largest absolute Gasteiger partial charge is 0.486 e. The SMILES string of the molecule is CNc1cccc(COc2ccc(Cl)cc2Br)n1. The molecule has 0 fully saturated rings. The van der Waals surface area contributed by atoms with E-state index in [1.54, 1.807) is 12.1 Å². The Morgan fingerprint density at radius 1 is 1.33 bits per heavy atom. The van der Waals surface area contributed by atoms with Gasteiger partial charge in [0.05, 0.1) is 10.2 Å². The maximum Gasteiger partial charge on any atom is 0.134 e.